The van der Waals surface area contributed by atoms with Crippen molar-refractivity contribution in [3.63, 3.8) is 0 Å². The van der Waals surface area contributed by atoms with E-state index < -0.39 is 26.0 Å². The second-order valence-corrected chi connectivity index (χ2v) is 10.9. The van der Waals surface area contributed by atoms with Gasteiger partial charge in [0.05, 0.1) is 28.2 Å². The number of hydrogen-bond donors (Lipinski definition) is 3. The minimum absolute atomic E-state index is 0.0525. The Morgan fingerprint density at radius 1 is 0.853 bits per heavy atom. The second-order valence-electron chi connectivity index (χ2n) is 7.14. The molecule has 9 nitrogen and oxygen atoms in total. The normalized spacial score (nSPS) is 11.5. The summed E-state index contributed by atoms with van der Waals surface area (Å²) in [7, 11) is -5.23. The average molecular weight is 524 g/mol. The van der Waals surface area contributed by atoms with Gasteiger partial charge in [0.2, 0.25) is 0 Å². The van der Waals surface area contributed by atoms with Crippen LogP contribution in [0.2, 0.25) is 5.02 Å². The first-order chi connectivity index (χ1) is 16.0. The lowest BCUT2D eigenvalue weighted by molar-refractivity contribution is 0.0960. The van der Waals surface area contributed by atoms with Crippen LogP contribution in [0.4, 0.5) is 11.4 Å². The van der Waals surface area contributed by atoms with Crippen molar-refractivity contribution in [3.8, 4) is 5.75 Å². The van der Waals surface area contributed by atoms with Crippen LogP contribution in [0, 0.1) is 6.92 Å². The van der Waals surface area contributed by atoms with Crippen LogP contribution in [-0.2, 0) is 20.0 Å². The van der Waals surface area contributed by atoms with Gasteiger partial charge in [0, 0.05) is 17.8 Å². The Labute approximate surface area is 203 Å². The van der Waals surface area contributed by atoms with E-state index in [4.69, 9.17) is 16.3 Å². The highest BCUT2D eigenvalue weighted by Gasteiger charge is 2.21. The zero-order chi connectivity index (χ0) is 25.1. The summed E-state index contributed by atoms with van der Waals surface area (Å²) in [5.74, 6) is -0.291. The van der Waals surface area contributed by atoms with Crippen LogP contribution in [0.25, 0.3) is 0 Å². The van der Waals surface area contributed by atoms with E-state index in [9.17, 15) is 21.6 Å². The highest BCUT2D eigenvalue weighted by Crippen LogP contribution is 2.26. The number of methoxy groups -OCH3 is 1. The molecule has 0 fully saturated rings. The molecular formula is C22H22ClN3O6S2. The zero-order valence-corrected chi connectivity index (χ0v) is 20.8. The van der Waals surface area contributed by atoms with Gasteiger partial charge in [-0.1, -0.05) is 17.7 Å². The maximum absolute atomic E-state index is 12.8. The SMILES string of the molecule is CNC(=O)c1cc(S(=O)(=O)Nc2ccc(S(=O)(=O)Nc3cc(Cl)ccc3C)cc2)ccc1OC. The third-order valence-corrected chi connectivity index (χ3v) is 7.81. The minimum atomic E-state index is -4.08. The van der Waals surface area contributed by atoms with Gasteiger partial charge < -0.3 is 10.1 Å². The van der Waals surface area contributed by atoms with Gasteiger partial charge >= 0.3 is 0 Å². The molecule has 0 heterocycles. The van der Waals surface area contributed by atoms with E-state index in [1.165, 1.54) is 62.7 Å². The molecule has 0 aliphatic rings. The van der Waals surface area contributed by atoms with Crippen LogP contribution < -0.4 is 19.5 Å². The molecule has 3 N–H and O–H groups in total. The lowest BCUT2D eigenvalue weighted by Crippen LogP contribution is -2.20. The van der Waals surface area contributed by atoms with E-state index in [1.54, 1.807) is 19.1 Å². The molecule has 0 aromatic heterocycles. The topological polar surface area (TPSA) is 131 Å². The van der Waals surface area contributed by atoms with Crippen molar-refractivity contribution in [2.24, 2.45) is 0 Å². The molecule has 180 valence electrons. The van der Waals surface area contributed by atoms with E-state index in [0.717, 1.165) is 0 Å². The Balaban J connectivity index is 1.84. The van der Waals surface area contributed by atoms with E-state index in [-0.39, 0.29) is 26.8 Å². The van der Waals surface area contributed by atoms with Crippen LogP contribution in [0.1, 0.15) is 15.9 Å². The molecule has 0 radical (unpaired) electrons. The average Bonchev–Trinajstić information content (AvgIpc) is 2.80. The molecule has 3 aromatic carbocycles. The quantitative estimate of drug-likeness (QED) is 0.413. The molecular weight excluding hydrogens is 502 g/mol. The number of nitrogens with one attached hydrogen (secondary N) is 3. The Bertz CT molecular complexity index is 1440. The summed E-state index contributed by atoms with van der Waals surface area (Å²) in [4.78, 5) is 11.8. The number of ether oxygens (including phenoxy) is 1. The third-order valence-electron chi connectivity index (χ3n) is 4.81. The van der Waals surface area contributed by atoms with Gasteiger partial charge in [-0.25, -0.2) is 16.8 Å². The van der Waals surface area contributed by atoms with Gasteiger partial charge in [0.25, 0.3) is 26.0 Å². The number of benzene rings is 3. The summed E-state index contributed by atoms with van der Waals surface area (Å²) < 4.78 is 61.1. The van der Waals surface area contributed by atoms with E-state index in [2.05, 4.69) is 14.8 Å². The van der Waals surface area contributed by atoms with Crippen molar-refractivity contribution >= 4 is 48.9 Å². The summed E-state index contributed by atoms with van der Waals surface area (Å²) in [5, 5.41) is 2.80. The first kappa shape index (κ1) is 25.3. The predicted molar refractivity (Wildman–Crippen MR) is 131 cm³/mol. The number of anilines is 2. The largest absolute Gasteiger partial charge is 0.496 e. The minimum Gasteiger partial charge on any atom is -0.496 e. The van der Waals surface area contributed by atoms with Crippen molar-refractivity contribution in [2.45, 2.75) is 16.7 Å². The number of rotatable bonds is 8. The van der Waals surface area contributed by atoms with Crippen molar-refractivity contribution in [1.82, 2.24) is 5.32 Å². The Hall–Kier alpha value is -3.28. The van der Waals surface area contributed by atoms with E-state index in [0.29, 0.717) is 16.3 Å². The van der Waals surface area contributed by atoms with Crippen LogP contribution in [0.15, 0.2) is 70.5 Å². The van der Waals surface area contributed by atoms with Gasteiger partial charge in [-0.15, -0.1) is 0 Å². The fourth-order valence-electron chi connectivity index (χ4n) is 2.99. The molecule has 0 spiro atoms. The number of aryl methyl sites for hydroxylation is 1. The number of carbonyl (C=O) groups excluding carboxylic acids is 1. The fourth-order valence-corrected chi connectivity index (χ4v) is 5.37. The molecule has 0 unspecified atom stereocenters. The lowest BCUT2D eigenvalue weighted by atomic mass is 10.2. The van der Waals surface area contributed by atoms with E-state index >= 15 is 0 Å². The van der Waals surface area contributed by atoms with Gasteiger partial charge in [-0.3, -0.25) is 14.2 Å². The molecule has 0 saturated heterocycles. The highest BCUT2D eigenvalue weighted by molar-refractivity contribution is 7.93. The third kappa shape index (κ3) is 5.61. The summed E-state index contributed by atoms with van der Waals surface area (Å²) >= 11 is 5.95. The molecule has 3 rings (SSSR count). The fraction of sp³-hybridized carbons (Fsp3) is 0.136. The van der Waals surface area contributed by atoms with Crippen LogP contribution in [-0.4, -0.2) is 36.9 Å². The number of sulfonamides is 2. The summed E-state index contributed by atoms with van der Waals surface area (Å²) in [6.07, 6.45) is 0. The second kappa shape index (κ2) is 9.92. The lowest BCUT2D eigenvalue weighted by Gasteiger charge is -2.13. The maximum Gasteiger partial charge on any atom is 0.261 e. The first-order valence-corrected chi connectivity index (χ1v) is 13.1. The first-order valence-electron chi connectivity index (χ1n) is 9.79. The van der Waals surface area contributed by atoms with Gasteiger partial charge in [0.15, 0.2) is 0 Å². The number of halogens is 1. The van der Waals surface area contributed by atoms with Crippen molar-refractivity contribution in [2.75, 3.05) is 23.6 Å². The Morgan fingerprint density at radius 3 is 2.09 bits per heavy atom. The molecule has 0 atom stereocenters. The molecule has 1 amide bonds. The van der Waals surface area contributed by atoms with Gasteiger partial charge in [0.1, 0.15) is 5.75 Å². The standard InChI is InChI=1S/C22H22ClN3O6S2/c1-14-4-5-15(23)12-20(14)26-33(28,29)17-8-6-16(7-9-17)25-34(30,31)18-10-11-21(32-3)19(13-18)22(27)24-2/h4-13,25-26H,1-3H3,(H,24,27). The summed E-state index contributed by atoms with van der Waals surface area (Å²) in [6, 6.07) is 13.9. The molecule has 0 saturated carbocycles. The number of carbonyl (C=O) groups is 1. The molecule has 0 aliphatic heterocycles. The molecule has 12 heteroatoms. The van der Waals surface area contributed by atoms with Crippen molar-refractivity contribution in [1.29, 1.82) is 0 Å². The van der Waals surface area contributed by atoms with Crippen LogP contribution in [0.5, 0.6) is 5.75 Å². The van der Waals surface area contributed by atoms with E-state index in [1.807, 2.05) is 0 Å². The molecule has 34 heavy (non-hydrogen) atoms. The Kier molecular flexibility index (Phi) is 7.39. The van der Waals surface area contributed by atoms with Crippen molar-refractivity contribution < 1.29 is 26.4 Å². The highest BCUT2D eigenvalue weighted by atomic mass is 35.5. The number of hydrogen-bond acceptors (Lipinski definition) is 6. The maximum atomic E-state index is 12.8. The monoisotopic (exact) mass is 523 g/mol. The van der Waals surface area contributed by atoms with Crippen LogP contribution in [0.3, 0.4) is 0 Å². The molecule has 0 bridgehead atoms. The summed E-state index contributed by atoms with van der Waals surface area (Å²) in [5.41, 5.74) is 1.21. The predicted octanol–water partition coefficient (Wildman–Crippen LogP) is 3.62. The zero-order valence-electron chi connectivity index (χ0n) is 18.4. The molecule has 0 aliphatic carbocycles. The Morgan fingerprint density at radius 2 is 1.47 bits per heavy atom. The van der Waals surface area contributed by atoms with Gasteiger partial charge in [-0.05, 0) is 67.1 Å². The summed E-state index contributed by atoms with van der Waals surface area (Å²) in [6.45, 7) is 1.74. The smallest absolute Gasteiger partial charge is 0.261 e. The van der Waals surface area contributed by atoms with Crippen LogP contribution >= 0.6 is 11.6 Å². The number of amides is 1. The molecule has 3 aromatic rings. The van der Waals surface area contributed by atoms with Gasteiger partial charge in [-0.2, -0.15) is 0 Å². The van der Waals surface area contributed by atoms with Crippen molar-refractivity contribution in [3.05, 3.63) is 76.8 Å².